The molecule has 1 unspecified atom stereocenters. The summed E-state index contributed by atoms with van der Waals surface area (Å²) in [5.41, 5.74) is 3.14. The van der Waals surface area contributed by atoms with Crippen LogP contribution < -0.4 is 5.32 Å². The lowest BCUT2D eigenvalue weighted by Crippen LogP contribution is -2.30. The molecule has 2 aromatic rings. The molecule has 20 heavy (non-hydrogen) atoms. The smallest absolute Gasteiger partial charge is 0.0969 e. The Morgan fingerprint density at radius 3 is 2.65 bits per heavy atom. The monoisotopic (exact) mass is 274 g/mol. The molecule has 0 saturated carbocycles. The molecule has 108 valence electrons. The van der Waals surface area contributed by atoms with Crippen molar-refractivity contribution in [3.05, 3.63) is 36.3 Å². The summed E-state index contributed by atoms with van der Waals surface area (Å²) in [5.74, 6) is 0.260. The minimum Gasteiger partial charge on any atom is -0.392 e. The molecule has 2 heterocycles. The molecule has 0 aliphatic rings. The van der Waals surface area contributed by atoms with Crippen LogP contribution in [0.15, 0.2) is 30.7 Å². The first-order chi connectivity index (χ1) is 9.58. The predicted octanol–water partition coefficient (Wildman–Crippen LogP) is 1.59. The van der Waals surface area contributed by atoms with E-state index in [2.05, 4.69) is 15.4 Å². The molecule has 0 fully saturated rings. The fourth-order valence-corrected chi connectivity index (χ4v) is 2.01. The van der Waals surface area contributed by atoms with Crippen LogP contribution in [0.4, 0.5) is 0 Å². The van der Waals surface area contributed by atoms with Gasteiger partial charge in [-0.3, -0.25) is 9.67 Å². The lowest BCUT2D eigenvalue weighted by Gasteiger charge is -2.14. The zero-order valence-electron chi connectivity index (χ0n) is 12.2. The summed E-state index contributed by atoms with van der Waals surface area (Å²) >= 11 is 0. The average molecular weight is 274 g/mol. The minimum atomic E-state index is -0.323. The van der Waals surface area contributed by atoms with E-state index < -0.39 is 0 Å². The predicted molar refractivity (Wildman–Crippen MR) is 79.0 cm³/mol. The highest BCUT2D eigenvalue weighted by Crippen LogP contribution is 2.20. The van der Waals surface area contributed by atoms with Gasteiger partial charge in [0.15, 0.2) is 0 Å². The third kappa shape index (κ3) is 3.65. The lowest BCUT2D eigenvalue weighted by molar-refractivity contribution is 0.123. The van der Waals surface area contributed by atoms with Gasteiger partial charge in [0.1, 0.15) is 0 Å². The molecule has 0 spiro atoms. The Labute approximate surface area is 119 Å². The van der Waals surface area contributed by atoms with Gasteiger partial charge < -0.3 is 10.4 Å². The maximum absolute atomic E-state index is 9.80. The molecule has 0 radical (unpaired) electrons. The first-order valence-electron chi connectivity index (χ1n) is 6.89. The van der Waals surface area contributed by atoms with Crippen LogP contribution in [0.25, 0.3) is 11.3 Å². The van der Waals surface area contributed by atoms with Crippen molar-refractivity contribution in [3.63, 3.8) is 0 Å². The second-order valence-electron chi connectivity index (χ2n) is 5.35. The molecule has 0 amide bonds. The first kappa shape index (κ1) is 14.7. The molecule has 0 saturated heterocycles. The molecule has 5 heteroatoms. The van der Waals surface area contributed by atoms with E-state index in [0.717, 1.165) is 16.8 Å². The molecule has 0 aromatic carbocycles. The number of nitrogens with zero attached hydrogens (tertiary/aromatic N) is 3. The number of nitrogens with one attached hydrogen (secondary N) is 1. The first-order valence-corrected chi connectivity index (χ1v) is 6.89. The van der Waals surface area contributed by atoms with Gasteiger partial charge in [0, 0.05) is 49.9 Å². The Morgan fingerprint density at radius 1 is 1.30 bits per heavy atom. The van der Waals surface area contributed by atoms with Gasteiger partial charge in [-0.05, 0) is 18.1 Å². The van der Waals surface area contributed by atoms with Crippen molar-refractivity contribution in [2.45, 2.75) is 26.5 Å². The molecule has 0 bridgehead atoms. The van der Waals surface area contributed by atoms with Gasteiger partial charge in [0.05, 0.1) is 11.8 Å². The summed E-state index contributed by atoms with van der Waals surface area (Å²) < 4.78 is 1.81. The summed E-state index contributed by atoms with van der Waals surface area (Å²) in [5, 5.41) is 17.6. The van der Waals surface area contributed by atoms with Crippen LogP contribution >= 0.6 is 0 Å². The van der Waals surface area contributed by atoms with Crippen molar-refractivity contribution in [1.82, 2.24) is 20.1 Å². The van der Waals surface area contributed by atoms with E-state index in [4.69, 9.17) is 0 Å². The van der Waals surface area contributed by atoms with Gasteiger partial charge in [-0.1, -0.05) is 13.8 Å². The number of aliphatic hydroxyl groups excluding tert-OH is 1. The van der Waals surface area contributed by atoms with Crippen molar-refractivity contribution >= 4 is 0 Å². The Morgan fingerprint density at radius 2 is 2.00 bits per heavy atom. The van der Waals surface area contributed by atoms with E-state index in [1.54, 1.807) is 12.4 Å². The number of rotatable bonds is 6. The summed E-state index contributed by atoms with van der Waals surface area (Å²) in [6, 6.07) is 3.91. The highest BCUT2D eigenvalue weighted by atomic mass is 16.3. The van der Waals surface area contributed by atoms with Gasteiger partial charge in [-0.2, -0.15) is 5.10 Å². The van der Waals surface area contributed by atoms with Crippen molar-refractivity contribution in [3.8, 4) is 11.3 Å². The third-order valence-corrected chi connectivity index (χ3v) is 3.30. The second kappa shape index (κ2) is 6.63. The van der Waals surface area contributed by atoms with Gasteiger partial charge in [-0.15, -0.1) is 0 Å². The van der Waals surface area contributed by atoms with Crippen molar-refractivity contribution in [2.75, 3.05) is 6.54 Å². The van der Waals surface area contributed by atoms with E-state index in [1.165, 1.54) is 0 Å². The SMILES string of the molecule is CC(C)C(O)CNCc1cn(C)nc1-c1ccncc1. The average Bonchev–Trinajstić information content (AvgIpc) is 2.80. The quantitative estimate of drug-likeness (QED) is 0.839. The molecule has 2 rings (SSSR count). The molecule has 0 aliphatic heterocycles. The molecule has 2 N–H and O–H groups in total. The number of hydrogen-bond donors (Lipinski definition) is 2. The van der Waals surface area contributed by atoms with Crippen LogP contribution in [0.3, 0.4) is 0 Å². The lowest BCUT2D eigenvalue weighted by atomic mass is 10.1. The Kier molecular flexibility index (Phi) is 4.87. The molecular weight excluding hydrogens is 252 g/mol. The molecular formula is C15H22N4O. The molecule has 0 aliphatic carbocycles. The highest BCUT2D eigenvalue weighted by Gasteiger charge is 2.12. The van der Waals surface area contributed by atoms with Gasteiger partial charge >= 0.3 is 0 Å². The van der Waals surface area contributed by atoms with E-state index in [0.29, 0.717) is 13.1 Å². The Bertz CT molecular complexity index is 536. The second-order valence-corrected chi connectivity index (χ2v) is 5.35. The topological polar surface area (TPSA) is 63.0 Å². The van der Waals surface area contributed by atoms with Crippen LogP contribution in [-0.2, 0) is 13.6 Å². The van der Waals surface area contributed by atoms with Crippen molar-refractivity contribution in [2.24, 2.45) is 13.0 Å². The summed E-state index contributed by atoms with van der Waals surface area (Å²) in [7, 11) is 1.91. The number of hydrogen-bond acceptors (Lipinski definition) is 4. The highest BCUT2D eigenvalue weighted by molar-refractivity contribution is 5.61. The minimum absolute atomic E-state index is 0.260. The zero-order chi connectivity index (χ0) is 14.5. The standard InChI is InChI=1S/C15H22N4O/c1-11(2)14(20)9-17-8-13-10-19(3)18-15(13)12-4-6-16-7-5-12/h4-7,10-11,14,17,20H,8-9H2,1-3H3. The maximum atomic E-state index is 9.80. The number of pyridine rings is 1. The fraction of sp³-hybridized carbons (Fsp3) is 0.467. The van der Waals surface area contributed by atoms with E-state index >= 15 is 0 Å². The summed E-state index contributed by atoms with van der Waals surface area (Å²) in [6.07, 6.45) is 5.22. The molecule has 1 atom stereocenters. The van der Waals surface area contributed by atoms with Crippen LogP contribution in [0.1, 0.15) is 19.4 Å². The Balaban J connectivity index is 2.05. The van der Waals surface area contributed by atoms with Crippen LogP contribution in [0.5, 0.6) is 0 Å². The number of aryl methyl sites for hydroxylation is 1. The van der Waals surface area contributed by atoms with Crippen LogP contribution in [0, 0.1) is 5.92 Å². The van der Waals surface area contributed by atoms with Crippen LogP contribution in [0.2, 0.25) is 0 Å². The Hall–Kier alpha value is -1.72. The largest absolute Gasteiger partial charge is 0.392 e. The van der Waals surface area contributed by atoms with E-state index in [1.807, 2.05) is 43.9 Å². The van der Waals surface area contributed by atoms with Crippen molar-refractivity contribution < 1.29 is 5.11 Å². The van der Waals surface area contributed by atoms with Gasteiger partial charge in [-0.25, -0.2) is 0 Å². The van der Waals surface area contributed by atoms with E-state index in [9.17, 15) is 5.11 Å². The maximum Gasteiger partial charge on any atom is 0.0969 e. The number of aliphatic hydroxyl groups is 1. The molecule has 5 nitrogen and oxygen atoms in total. The third-order valence-electron chi connectivity index (χ3n) is 3.30. The summed E-state index contributed by atoms with van der Waals surface area (Å²) in [4.78, 5) is 4.03. The van der Waals surface area contributed by atoms with E-state index in [-0.39, 0.29) is 12.0 Å². The molecule has 2 aromatic heterocycles. The number of aromatic nitrogens is 3. The van der Waals surface area contributed by atoms with Crippen LogP contribution in [-0.4, -0.2) is 32.5 Å². The van der Waals surface area contributed by atoms with Crippen molar-refractivity contribution in [1.29, 1.82) is 0 Å². The van der Waals surface area contributed by atoms with Gasteiger partial charge in [0.25, 0.3) is 0 Å². The van der Waals surface area contributed by atoms with Gasteiger partial charge in [0.2, 0.25) is 0 Å². The summed E-state index contributed by atoms with van der Waals surface area (Å²) in [6.45, 7) is 5.30. The zero-order valence-corrected chi connectivity index (χ0v) is 12.2. The fourth-order valence-electron chi connectivity index (χ4n) is 2.01. The normalized spacial score (nSPS) is 12.8.